The van der Waals surface area contributed by atoms with E-state index in [1.807, 2.05) is 25.1 Å². The van der Waals surface area contributed by atoms with E-state index in [-0.39, 0.29) is 5.56 Å². The van der Waals surface area contributed by atoms with Crippen molar-refractivity contribution in [2.75, 3.05) is 29.9 Å². The second-order valence-corrected chi connectivity index (χ2v) is 7.36. The molecule has 7 heteroatoms. The number of ether oxygens (including phenoxy) is 1. The van der Waals surface area contributed by atoms with Crippen molar-refractivity contribution in [2.45, 2.75) is 19.8 Å². The number of anilines is 2. The lowest BCUT2D eigenvalue weighted by Gasteiger charge is -2.19. The van der Waals surface area contributed by atoms with Gasteiger partial charge in [0.05, 0.1) is 5.56 Å². The predicted molar refractivity (Wildman–Crippen MR) is 106 cm³/mol. The smallest absolute Gasteiger partial charge is 0.341 e. The number of nitrogens with one attached hydrogen (secondary N) is 1. The van der Waals surface area contributed by atoms with E-state index >= 15 is 0 Å². The predicted octanol–water partition coefficient (Wildman–Crippen LogP) is 4.29. The lowest BCUT2D eigenvalue weighted by atomic mass is 10.1. The van der Waals surface area contributed by atoms with Gasteiger partial charge in [-0.2, -0.15) is 0 Å². The van der Waals surface area contributed by atoms with E-state index in [0.29, 0.717) is 10.2 Å². The minimum Gasteiger partial charge on any atom is -0.452 e. The van der Waals surface area contributed by atoms with Crippen LogP contribution in [-0.2, 0) is 9.53 Å². The van der Waals surface area contributed by atoms with Gasteiger partial charge in [-0.15, -0.1) is 0 Å². The Balaban J connectivity index is 1.56. The minimum absolute atomic E-state index is 0.211. The number of halogens is 2. The summed E-state index contributed by atoms with van der Waals surface area (Å²) in [4.78, 5) is 26.3. The van der Waals surface area contributed by atoms with E-state index in [2.05, 4.69) is 26.1 Å². The number of carbonyl (C=O) groups is 2. The first-order valence-electron chi connectivity index (χ1n) is 8.71. The standard InChI is InChI=1S/C20H20BrFN2O3/c1-13-10-15(24-8-2-3-9-24)5-7-18(13)23-19(25)12-27-20(26)16-6-4-14(21)11-17(16)22/h4-7,10-11H,2-3,8-9,12H2,1H3,(H,23,25). The third-order valence-electron chi connectivity index (χ3n) is 4.44. The number of carbonyl (C=O) groups excluding carboxylic acids is 2. The number of nitrogens with zero attached hydrogens (tertiary/aromatic N) is 1. The maximum Gasteiger partial charge on any atom is 0.341 e. The molecule has 0 aromatic heterocycles. The van der Waals surface area contributed by atoms with Crippen LogP contribution in [0.1, 0.15) is 28.8 Å². The Hall–Kier alpha value is -2.41. The van der Waals surface area contributed by atoms with Crippen molar-refractivity contribution in [1.82, 2.24) is 0 Å². The lowest BCUT2D eigenvalue weighted by molar-refractivity contribution is -0.119. The number of hydrogen-bond donors (Lipinski definition) is 1. The van der Waals surface area contributed by atoms with Gasteiger partial charge in [-0.05, 0) is 61.7 Å². The molecule has 1 aliphatic heterocycles. The summed E-state index contributed by atoms with van der Waals surface area (Å²) in [5.74, 6) is -2.06. The Morgan fingerprint density at radius 3 is 2.59 bits per heavy atom. The van der Waals surface area contributed by atoms with Gasteiger partial charge in [-0.25, -0.2) is 9.18 Å². The van der Waals surface area contributed by atoms with Crippen molar-refractivity contribution < 1.29 is 18.7 Å². The van der Waals surface area contributed by atoms with Crippen molar-refractivity contribution in [3.8, 4) is 0 Å². The highest BCUT2D eigenvalue weighted by molar-refractivity contribution is 9.10. The van der Waals surface area contributed by atoms with Gasteiger partial charge in [0.25, 0.3) is 5.91 Å². The second-order valence-electron chi connectivity index (χ2n) is 6.44. The molecular weight excluding hydrogens is 415 g/mol. The van der Waals surface area contributed by atoms with Crippen LogP contribution in [0.2, 0.25) is 0 Å². The first-order chi connectivity index (χ1) is 12.9. The zero-order valence-corrected chi connectivity index (χ0v) is 16.5. The zero-order chi connectivity index (χ0) is 19.4. The number of aryl methyl sites for hydroxylation is 1. The second kappa shape index (κ2) is 8.52. The topological polar surface area (TPSA) is 58.6 Å². The van der Waals surface area contributed by atoms with Crippen LogP contribution in [-0.4, -0.2) is 31.6 Å². The summed E-state index contributed by atoms with van der Waals surface area (Å²) in [6, 6.07) is 9.85. The molecule has 1 N–H and O–H groups in total. The Labute approximate surface area is 165 Å². The molecule has 2 aromatic rings. The largest absolute Gasteiger partial charge is 0.452 e. The monoisotopic (exact) mass is 434 g/mol. The molecule has 2 aromatic carbocycles. The van der Waals surface area contributed by atoms with Gasteiger partial charge in [0.15, 0.2) is 6.61 Å². The van der Waals surface area contributed by atoms with E-state index in [0.717, 1.165) is 24.3 Å². The number of benzene rings is 2. The Kier molecular flexibility index (Phi) is 6.11. The highest BCUT2D eigenvalue weighted by atomic mass is 79.9. The maximum atomic E-state index is 13.8. The lowest BCUT2D eigenvalue weighted by Crippen LogP contribution is -2.22. The van der Waals surface area contributed by atoms with Gasteiger partial charge >= 0.3 is 5.97 Å². The van der Waals surface area contributed by atoms with Gasteiger partial charge in [0.2, 0.25) is 0 Å². The molecule has 1 fully saturated rings. The van der Waals surface area contributed by atoms with Crippen LogP contribution in [0.4, 0.5) is 15.8 Å². The van der Waals surface area contributed by atoms with Crippen LogP contribution < -0.4 is 10.2 Å². The summed E-state index contributed by atoms with van der Waals surface area (Å²) < 4.78 is 19.2. The molecule has 1 heterocycles. The van der Waals surface area contributed by atoms with E-state index < -0.39 is 24.3 Å². The fourth-order valence-corrected chi connectivity index (χ4v) is 3.34. The number of hydrogen-bond acceptors (Lipinski definition) is 4. The van der Waals surface area contributed by atoms with Gasteiger partial charge in [0, 0.05) is 28.9 Å². The Morgan fingerprint density at radius 2 is 1.93 bits per heavy atom. The molecule has 142 valence electrons. The van der Waals surface area contributed by atoms with Crippen LogP contribution in [0.15, 0.2) is 40.9 Å². The average molecular weight is 435 g/mol. The summed E-state index contributed by atoms with van der Waals surface area (Å²) in [6.45, 7) is 3.53. The molecule has 0 atom stereocenters. The van der Waals surface area contributed by atoms with E-state index in [1.54, 1.807) is 0 Å². The van der Waals surface area contributed by atoms with Crippen LogP contribution in [0.5, 0.6) is 0 Å². The molecule has 3 rings (SSSR count). The van der Waals surface area contributed by atoms with Crippen LogP contribution in [0, 0.1) is 12.7 Å². The number of esters is 1. The molecule has 0 spiro atoms. The molecule has 0 aliphatic carbocycles. The first-order valence-corrected chi connectivity index (χ1v) is 9.51. The van der Waals surface area contributed by atoms with Gasteiger partial charge in [-0.3, -0.25) is 4.79 Å². The van der Waals surface area contributed by atoms with E-state index in [4.69, 9.17) is 4.74 Å². The molecule has 27 heavy (non-hydrogen) atoms. The van der Waals surface area contributed by atoms with Crippen molar-refractivity contribution in [1.29, 1.82) is 0 Å². The third kappa shape index (κ3) is 4.86. The molecule has 1 aliphatic rings. The zero-order valence-electron chi connectivity index (χ0n) is 14.9. The molecule has 0 saturated carbocycles. The van der Waals surface area contributed by atoms with Gasteiger partial charge in [0.1, 0.15) is 5.82 Å². The Bertz CT molecular complexity index is 866. The number of amides is 1. The third-order valence-corrected chi connectivity index (χ3v) is 4.93. The highest BCUT2D eigenvalue weighted by Gasteiger charge is 2.16. The van der Waals surface area contributed by atoms with Crippen molar-refractivity contribution in [3.05, 3.63) is 57.8 Å². The molecular formula is C20H20BrFN2O3. The molecule has 0 radical (unpaired) electrons. The fraction of sp³-hybridized carbons (Fsp3) is 0.300. The first kappa shape index (κ1) is 19.4. The average Bonchev–Trinajstić information content (AvgIpc) is 3.16. The Morgan fingerprint density at radius 1 is 1.19 bits per heavy atom. The SMILES string of the molecule is Cc1cc(N2CCCC2)ccc1NC(=O)COC(=O)c1ccc(Br)cc1F. The molecule has 5 nitrogen and oxygen atoms in total. The summed E-state index contributed by atoms with van der Waals surface area (Å²) in [6.07, 6.45) is 2.39. The normalized spacial score (nSPS) is 13.5. The highest BCUT2D eigenvalue weighted by Crippen LogP contribution is 2.25. The van der Waals surface area contributed by atoms with Gasteiger partial charge < -0.3 is 15.0 Å². The quantitative estimate of drug-likeness (QED) is 0.712. The summed E-state index contributed by atoms with van der Waals surface area (Å²) in [7, 11) is 0. The van der Waals surface area contributed by atoms with E-state index in [1.165, 1.54) is 31.0 Å². The summed E-state index contributed by atoms with van der Waals surface area (Å²) in [5.41, 5.74) is 2.52. The van der Waals surface area contributed by atoms with Crippen molar-refractivity contribution >= 4 is 39.2 Å². The maximum absolute atomic E-state index is 13.8. The van der Waals surface area contributed by atoms with Crippen LogP contribution in [0.25, 0.3) is 0 Å². The molecule has 0 unspecified atom stereocenters. The van der Waals surface area contributed by atoms with Crippen LogP contribution in [0.3, 0.4) is 0 Å². The van der Waals surface area contributed by atoms with E-state index in [9.17, 15) is 14.0 Å². The van der Waals surface area contributed by atoms with Crippen molar-refractivity contribution in [2.24, 2.45) is 0 Å². The molecule has 1 saturated heterocycles. The minimum atomic E-state index is -0.878. The number of rotatable bonds is 5. The van der Waals surface area contributed by atoms with Crippen molar-refractivity contribution in [3.63, 3.8) is 0 Å². The van der Waals surface area contributed by atoms with Gasteiger partial charge in [-0.1, -0.05) is 15.9 Å². The van der Waals surface area contributed by atoms with Crippen LogP contribution >= 0.6 is 15.9 Å². The molecule has 1 amide bonds. The summed E-state index contributed by atoms with van der Waals surface area (Å²) in [5, 5.41) is 2.72. The fourth-order valence-electron chi connectivity index (χ4n) is 3.01. The molecule has 0 bridgehead atoms. The summed E-state index contributed by atoms with van der Waals surface area (Å²) >= 11 is 3.12.